The number of ether oxygens (including phenoxy) is 1. The maximum atomic E-state index is 5.66. The van der Waals surface area contributed by atoms with Gasteiger partial charge in [0, 0.05) is 16.9 Å². The number of methoxy groups -OCH3 is 1. The van der Waals surface area contributed by atoms with Crippen molar-refractivity contribution in [3.8, 4) is 0 Å². The first kappa shape index (κ1) is 13.6. The van der Waals surface area contributed by atoms with Crippen molar-refractivity contribution in [2.75, 3.05) is 7.11 Å². The number of thiophene rings is 1. The molecular weight excluding hydrogens is 220 g/mol. The second-order valence-electron chi connectivity index (χ2n) is 5.12. The normalized spacial score (nSPS) is 16.1. The number of nitrogens with two attached hydrogens (primary N) is 1. The van der Waals surface area contributed by atoms with Crippen molar-refractivity contribution in [2.45, 2.75) is 39.8 Å². The van der Waals surface area contributed by atoms with E-state index in [-0.39, 0.29) is 17.6 Å². The van der Waals surface area contributed by atoms with Crippen LogP contribution in [0.5, 0.6) is 0 Å². The van der Waals surface area contributed by atoms with Gasteiger partial charge in [-0.3, -0.25) is 5.84 Å². The highest BCUT2D eigenvalue weighted by Gasteiger charge is 2.33. The van der Waals surface area contributed by atoms with Crippen molar-refractivity contribution >= 4 is 11.3 Å². The molecule has 0 amide bonds. The third kappa shape index (κ3) is 3.04. The SMILES string of the molecule is COC(C(NN)c1ccc(C)s1)C(C)(C)C. The largest absolute Gasteiger partial charge is 0.379 e. The average Bonchev–Trinajstić information content (AvgIpc) is 2.58. The minimum absolute atomic E-state index is 0.0451. The fourth-order valence-corrected chi connectivity index (χ4v) is 2.89. The molecule has 0 saturated carbocycles. The van der Waals surface area contributed by atoms with Gasteiger partial charge in [0.25, 0.3) is 0 Å². The molecule has 0 bridgehead atoms. The smallest absolute Gasteiger partial charge is 0.0834 e. The Morgan fingerprint density at radius 1 is 1.38 bits per heavy atom. The Labute approximate surface area is 102 Å². The van der Waals surface area contributed by atoms with Crippen molar-refractivity contribution in [3.63, 3.8) is 0 Å². The second-order valence-corrected chi connectivity index (χ2v) is 6.43. The van der Waals surface area contributed by atoms with Crippen molar-refractivity contribution in [3.05, 3.63) is 21.9 Å². The first-order valence-corrected chi connectivity index (χ1v) is 6.27. The highest BCUT2D eigenvalue weighted by atomic mass is 32.1. The second kappa shape index (κ2) is 5.27. The van der Waals surface area contributed by atoms with Gasteiger partial charge in [-0.15, -0.1) is 11.3 Å². The van der Waals surface area contributed by atoms with Crippen LogP contribution in [0, 0.1) is 12.3 Å². The van der Waals surface area contributed by atoms with Crippen LogP contribution in [-0.4, -0.2) is 13.2 Å². The molecule has 0 saturated heterocycles. The summed E-state index contributed by atoms with van der Waals surface area (Å²) in [6, 6.07) is 4.27. The summed E-state index contributed by atoms with van der Waals surface area (Å²) < 4.78 is 5.60. The highest BCUT2D eigenvalue weighted by molar-refractivity contribution is 7.12. The van der Waals surface area contributed by atoms with E-state index in [1.54, 1.807) is 18.4 Å². The lowest BCUT2D eigenvalue weighted by Gasteiger charge is -2.35. The van der Waals surface area contributed by atoms with E-state index in [1.165, 1.54) is 9.75 Å². The number of hydrazine groups is 1. The van der Waals surface area contributed by atoms with E-state index in [2.05, 4.69) is 45.3 Å². The van der Waals surface area contributed by atoms with Crippen LogP contribution in [0.1, 0.15) is 36.6 Å². The van der Waals surface area contributed by atoms with Gasteiger partial charge in [0.1, 0.15) is 0 Å². The zero-order valence-corrected chi connectivity index (χ0v) is 11.5. The summed E-state index contributed by atoms with van der Waals surface area (Å²) >= 11 is 1.76. The van der Waals surface area contributed by atoms with Crippen LogP contribution in [0.3, 0.4) is 0 Å². The van der Waals surface area contributed by atoms with Crippen LogP contribution in [0.25, 0.3) is 0 Å². The molecule has 2 unspecified atom stereocenters. The topological polar surface area (TPSA) is 47.3 Å². The molecule has 92 valence electrons. The van der Waals surface area contributed by atoms with E-state index in [0.29, 0.717) is 0 Å². The summed E-state index contributed by atoms with van der Waals surface area (Å²) in [5.74, 6) is 5.66. The maximum absolute atomic E-state index is 5.66. The zero-order valence-electron chi connectivity index (χ0n) is 10.7. The number of aryl methyl sites for hydroxylation is 1. The number of hydrogen-bond acceptors (Lipinski definition) is 4. The summed E-state index contributed by atoms with van der Waals surface area (Å²) in [7, 11) is 1.74. The molecular formula is C12H22N2OS. The quantitative estimate of drug-likeness (QED) is 0.630. The number of rotatable bonds is 4. The minimum Gasteiger partial charge on any atom is -0.379 e. The van der Waals surface area contributed by atoms with Gasteiger partial charge in [0.15, 0.2) is 0 Å². The Balaban J connectivity index is 2.96. The molecule has 1 heterocycles. The molecule has 1 rings (SSSR count). The molecule has 16 heavy (non-hydrogen) atoms. The van der Waals surface area contributed by atoms with Gasteiger partial charge in [-0.1, -0.05) is 20.8 Å². The van der Waals surface area contributed by atoms with Crippen molar-refractivity contribution in [2.24, 2.45) is 11.3 Å². The van der Waals surface area contributed by atoms with Crippen LogP contribution in [0.4, 0.5) is 0 Å². The Kier molecular flexibility index (Phi) is 4.50. The molecule has 4 heteroatoms. The molecule has 0 aliphatic carbocycles. The minimum atomic E-state index is 0.0451. The summed E-state index contributed by atoms with van der Waals surface area (Å²) in [6.45, 7) is 8.57. The summed E-state index contributed by atoms with van der Waals surface area (Å²) in [5.41, 5.74) is 2.92. The summed E-state index contributed by atoms with van der Waals surface area (Å²) in [6.07, 6.45) is 0.0514. The van der Waals surface area contributed by atoms with Crippen LogP contribution < -0.4 is 11.3 Å². The average molecular weight is 242 g/mol. The highest BCUT2D eigenvalue weighted by Crippen LogP contribution is 2.34. The molecule has 1 aromatic rings. The van der Waals surface area contributed by atoms with E-state index in [9.17, 15) is 0 Å². The first-order chi connectivity index (χ1) is 7.40. The van der Waals surface area contributed by atoms with Gasteiger partial charge < -0.3 is 4.74 Å². The van der Waals surface area contributed by atoms with E-state index >= 15 is 0 Å². The van der Waals surface area contributed by atoms with E-state index in [0.717, 1.165) is 0 Å². The molecule has 0 radical (unpaired) electrons. The molecule has 2 atom stereocenters. The number of hydrogen-bond donors (Lipinski definition) is 2. The van der Waals surface area contributed by atoms with E-state index in [1.807, 2.05) is 0 Å². The molecule has 0 aliphatic heterocycles. The van der Waals surface area contributed by atoms with Crippen LogP contribution in [-0.2, 0) is 4.74 Å². The van der Waals surface area contributed by atoms with Gasteiger partial charge in [0.2, 0.25) is 0 Å². The third-order valence-electron chi connectivity index (χ3n) is 2.66. The fourth-order valence-electron chi connectivity index (χ4n) is 1.93. The maximum Gasteiger partial charge on any atom is 0.0834 e. The zero-order chi connectivity index (χ0) is 12.3. The van der Waals surface area contributed by atoms with Gasteiger partial charge in [-0.25, -0.2) is 5.43 Å². The van der Waals surface area contributed by atoms with Crippen molar-refractivity contribution < 1.29 is 4.74 Å². The van der Waals surface area contributed by atoms with Crippen LogP contribution >= 0.6 is 11.3 Å². The lowest BCUT2D eigenvalue weighted by molar-refractivity contribution is -0.0111. The standard InChI is InChI=1S/C12H22N2OS/c1-8-6-7-9(16-8)10(14-13)11(15-5)12(2,3)4/h6-7,10-11,14H,13H2,1-5H3. The van der Waals surface area contributed by atoms with Crippen LogP contribution in [0.15, 0.2) is 12.1 Å². The molecule has 0 aromatic carbocycles. The summed E-state index contributed by atoms with van der Waals surface area (Å²) in [4.78, 5) is 2.51. The predicted molar refractivity (Wildman–Crippen MR) is 69.4 cm³/mol. The van der Waals surface area contributed by atoms with Crippen LogP contribution in [0.2, 0.25) is 0 Å². The fraction of sp³-hybridized carbons (Fsp3) is 0.667. The molecule has 0 spiro atoms. The van der Waals surface area contributed by atoms with E-state index in [4.69, 9.17) is 10.6 Å². The Bertz CT molecular complexity index is 330. The van der Waals surface area contributed by atoms with Gasteiger partial charge in [-0.05, 0) is 24.5 Å². The lowest BCUT2D eigenvalue weighted by atomic mass is 9.84. The first-order valence-electron chi connectivity index (χ1n) is 5.45. The Hall–Kier alpha value is -0.420. The predicted octanol–water partition coefficient (Wildman–Crippen LogP) is 2.62. The molecule has 1 aromatic heterocycles. The number of nitrogens with one attached hydrogen (secondary N) is 1. The molecule has 0 aliphatic rings. The lowest BCUT2D eigenvalue weighted by Crippen LogP contribution is -2.43. The van der Waals surface area contributed by atoms with Crippen molar-refractivity contribution in [1.29, 1.82) is 0 Å². The van der Waals surface area contributed by atoms with Gasteiger partial charge in [-0.2, -0.15) is 0 Å². The molecule has 3 nitrogen and oxygen atoms in total. The summed E-state index contributed by atoms with van der Waals surface area (Å²) in [5, 5.41) is 0. The molecule has 3 N–H and O–H groups in total. The Morgan fingerprint density at radius 3 is 2.31 bits per heavy atom. The van der Waals surface area contributed by atoms with Gasteiger partial charge >= 0.3 is 0 Å². The monoisotopic (exact) mass is 242 g/mol. The van der Waals surface area contributed by atoms with Crippen molar-refractivity contribution in [1.82, 2.24) is 5.43 Å². The van der Waals surface area contributed by atoms with Gasteiger partial charge in [0.05, 0.1) is 12.1 Å². The molecule has 0 fully saturated rings. The Morgan fingerprint density at radius 2 is 2.00 bits per heavy atom. The van der Waals surface area contributed by atoms with E-state index < -0.39 is 0 Å². The third-order valence-corrected chi connectivity index (χ3v) is 3.74.